The minimum absolute atomic E-state index is 0.00677. The van der Waals surface area contributed by atoms with Crippen LogP contribution in [-0.4, -0.2) is 20.2 Å². The van der Waals surface area contributed by atoms with Gasteiger partial charge in [-0.2, -0.15) is 0 Å². The molecular weight excluding hydrogens is 386 g/mol. The van der Waals surface area contributed by atoms with E-state index >= 15 is 0 Å². The zero-order chi connectivity index (χ0) is 18.4. The van der Waals surface area contributed by atoms with E-state index in [1.165, 1.54) is 17.0 Å². The third-order valence-electron chi connectivity index (χ3n) is 3.22. The van der Waals surface area contributed by atoms with Gasteiger partial charge in [0.2, 0.25) is 15.9 Å². The van der Waals surface area contributed by atoms with E-state index in [1.54, 1.807) is 11.3 Å². The summed E-state index contributed by atoms with van der Waals surface area (Å²) in [5, 5.41) is 6.91. The summed E-state index contributed by atoms with van der Waals surface area (Å²) in [6, 6.07) is 7.57. The molecule has 1 aromatic heterocycles. The molecule has 25 heavy (non-hydrogen) atoms. The average molecular weight is 402 g/mol. The van der Waals surface area contributed by atoms with E-state index in [9.17, 15) is 18.0 Å². The number of halogens is 1. The zero-order valence-electron chi connectivity index (χ0n) is 13.0. The number of hydrogen-bond donors (Lipinski definition) is 3. The SMILES string of the molecule is NS(=O)(=O)c1cc(C(=O)NNC(=O)CCCc2cccs2)ccc1Cl. The normalized spacial score (nSPS) is 11.1. The van der Waals surface area contributed by atoms with Gasteiger partial charge in [-0.3, -0.25) is 20.4 Å². The molecule has 0 saturated carbocycles. The Morgan fingerprint density at radius 2 is 1.96 bits per heavy atom. The monoisotopic (exact) mass is 401 g/mol. The van der Waals surface area contributed by atoms with E-state index in [0.29, 0.717) is 6.42 Å². The number of nitrogens with two attached hydrogens (primary N) is 1. The van der Waals surface area contributed by atoms with Gasteiger partial charge in [0, 0.05) is 16.9 Å². The molecule has 7 nitrogen and oxygen atoms in total. The number of carbonyl (C=O) groups excluding carboxylic acids is 2. The number of nitrogens with one attached hydrogen (secondary N) is 2. The highest BCUT2D eigenvalue weighted by molar-refractivity contribution is 7.89. The van der Waals surface area contributed by atoms with Gasteiger partial charge in [-0.1, -0.05) is 17.7 Å². The van der Waals surface area contributed by atoms with Gasteiger partial charge in [-0.15, -0.1) is 11.3 Å². The molecule has 0 bridgehead atoms. The minimum atomic E-state index is -4.05. The maximum Gasteiger partial charge on any atom is 0.269 e. The number of sulfonamides is 1. The van der Waals surface area contributed by atoms with Gasteiger partial charge in [0.15, 0.2) is 0 Å². The van der Waals surface area contributed by atoms with Gasteiger partial charge >= 0.3 is 0 Å². The molecule has 0 radical (unpaired) electrons. The van der Waals surface area contributed by atoms with E-state index in [2.05, 4.69) is 10.9 Å². The second kappa shape index (κ2) is 8.43. The molecular formula is C15H16ClN3O4S2. The first-order valence-corrected chi connectivity index (χ1v) is 10.0. The molecule has 2 rings (SSSR count). The van der Waals surface area contributed by atoms with E-state index in [1.807, 2.05) is 17.5 Å². The van der Waals surface area contributed by atoms with Crippen molar-refractivity contribution in [3.63, 3.8) is 0 Å². The number of aryl methyl sites for hydroxylation is 1. The van der Waals surface area contributed by atoms with Gasteiger partial charge in [0.25, 0.3) is 5.91 Å². The van der Waals surface area contributed by atoms with Crippen LogP contribution in [-0.2, 0) is 21.2 Å². The van der Waals surface area contributed by atoms with E-state index in [0.717, 1.165) is 12.5 Å². The summed E-state index contributed by atoms with van der Waals surface area (Å²) in [5.41, 5.74) is 4.52. The molecule has 0 atom stereocenters. The first-order chi connectivity index (χ1) is 11.8. The number of hydrazine groups is 1. The second-order valence-corrected chi connectivity index (χ2v) is 8.09. The molecule has 0 unspecified atom stereocenters. The van der Waals surface area contributed by atoms with E-state index in [-0.39, 0.29) is 27.8 Å². The van der Waals surface area contributed by atoms with Crippen LogP contribution in [0.3, 0.4) is 0 Å². The van der Waals surface area contributed by atoms with Gasteiger partial charge < -0.3 is 0 Å². The number of hydrogen-bond acceptors (Lipinski definition) is 5. The van der Waals surface area contributed by atoms with Crippen LogP contribution < -0.4 is 16.0 Å². The molecule has 0 saturated heterocycles. The van der Waals surface area contributed by atoms with Gasteiger partial charge in [0.1, 0.15) is 4.90 Å². The van der Waals surface area contributed by atoms with E-state index in [4.69, 9.17) is 16.7 Å². The maximum atomic E-state index is 12.0. The van der Waals surface area contributed by atoms with Crippen molar-refractivity contribution < 1.29 is 18.0 Å². The molecule has 134 valence electrons. The molecule has 1 aromatic carbocycles. The third-order valence-corrected chi connectivity index (χ3v) is 5.55. The molecule has 0 fully saturated rings. The van der Waals surface area contributed by atoms with Crippen LogP contribution in [0.1, 0.15) is 28.1 Å². The molecule has 4 N–H and O–H groups in total. The number of amides is 2. The van der Waals surface area contributed by atoms with Crippen LogP contribution in [0.5, 0.6) is 0 Å². The zero-order valence-corrected chi connectivity index (χ0v) is 15.4. The Kier molecular flexibility index (Phi) is 6.54. The lowest BCUT2D eigenvalue weighted by molar-refractivity contribution is -0.121. The number of rotatable bonds is 6. The fourth-order valence-electron chi connectivity index (χ4n) is 2.00. The highest BCUT2D eigenvalue weighted by atomic mass is 35.5. The van der Waals surface area contributed by atoms with Crippen LogP contribution >= 0.6 is 22.9 Å². The molecule has 2 amide bonds. The highest BCUT2D eigenvalue weighted by Gasteiger charge is 2.16. The predicted octanol–water partition coefficient (Wildman–Crippen LogP) is 1.83. The fraction of sp³-hybridized carbons (Fsp3) is 0.200. The summed E-state index contributed by atoms with van der Waals surface area (Å²) >= 11 is 7.38. The van der Waals surface area contributed by atoms with Crippen LogP contribution in [0.15, 0.2) is 40.6 Å². The van der Waals surface area contributed by atoms with Crippen molar-refractivity contribution >= 4 is 44.8 Å². The summed E-state index contributed by atoms with van der Waals surface area (Å²) in [5.74, 6) is -1.02. The smallest absolute Gasteiger partial charge is 0.269 e. The Hall–Kier alpha value is -1.94. The van der Waals surface area contributed by atoms with Crippen LogP contribution in [0, 0.1) is 0 Å². The first kappa shape index (κ1) is 19.4. The van der Waals surface area contributed by atoms with Crippen molar-refractivity contribution in [2.24, 2.45) is 5.14 Å². The molecule has 0 aliphatic rings. The first-order valence-electron chi connectivity index (χ1n) is 7.21. The molecule has 2 aromatic rings. The van der Waals surface area contributed by atoms with Crippen molar-refractivity contribution in [2.45, 2.75) is 24.2 Å². The van der Waals surface area contributed by atoms with Crippen LogP contribution in [0.4, 0.5) is 0 Å². The van der Waals surface area contributed by atoms with Crippen molar-refractivity contribution in [2.75, 3.05) is 0 Å². The van der Waals surface area contributed by atoms with Crippen LogP contribution in [0.25, 0.3) is 0 Å². The quantitative estimate of drug-likeness (QED) is 0.640. The summed E-state index contributed by atoms with van der Waals surface area (Å²) in [6.45, 7) is 0. The molecule has 1 heterocycles. The van der Waals surface area contributed by atoms with Gasteiger partial charge in [-0.05, 0) is 42.5 Å². The molecule has 10 heteroatoms. The predicted molar refractivity (Wildman–Crippen MR) is 95.7 cm³/mol. The van der Waals surface area contributed by atoms with Crippen molar-refractivity contribution in [3.8, 4) is 0 Å². The highest BCUT2D eigenvalue weighted by Crippen LogP contribution is 2.21. The second-order valence-electron chi connectivity index (χ2n) is 5.13. The summed E-state index contributed by atoms with van der Waals surface area (Å²) in [6.07, 6.45) is 1.69. The van der Waals surface area contributed by atoms with Crippen molar-refractivity contribution in [1.82, 2.24) is 10.9 Å². The van der Waals surface area contributed by atoms with E-state index < -0.39 is 15.9 Å². The number of benzene rings is 1. The molecule has 0 aliphatic heterocycles. The summed E-state index contributed by atoms with van der Waals surface area (Å²) < 4.78 is 22.8. The number of primary sulfonamides is 1. The topological polar surface area (TPSA) is 118 Å². The average Bonchev–Trinajstić information content (AvgIpc) is 3.05. The van der Waals surface area contributed by atoms with Crippen molar-refractivity contribution in [3.05, 3.63) is 51.2 Å². The van der Waals surface area contributed by atoms with Crippen molar-refractivity contribution in [1.29, 1.82) is 0 Å². The summed E-state index contributed by atoms with van der Waals surface area (Å²) in [7, 11) is -4.05. The lowest BCUT2D eigenvalue weighted by Crippen LogP contribution is -2.41. The molecule has 0 spiro atoms. The standard InChI is InChI=1S/C15H16ClN3O4S2/c16-12-7-6-10(9-13(12)25(17,22)23)15(21)19-18-14(20)5-1-3-11-4-2-8-24-11/h2,4,6-9H,1,3,5H2,(H,18,20)(H,19,21)(H2,17,22,23). The fourth-order valence-corrected chi connectivity index (χ4v) is 3.82. The Balaban J connectivity index is 1.86. The number of thiophene rings is 1. The maximum absolute atomic E-state index is 12.0. The van der Waals surface area contributed by atoms with Gasteiger partial charge in [0.05, 0.1) is 5.02 Å². The van der Waals surface area contributed by atoms with Gasteiger partial charge in [-0.25, -0.2) is 13.6 Å². The molecule has 0 aliphatic carbocycles. The Morgan fingerprint density at radius 3 is 2.60 bits per heavy atom. The Morgan fingerprint density at radius 1 is 1.20 bits per heavy atom. The Labute approximate surface area is 154 Å². The largest absolute Gasteiger partial charge is 0.273 e. The summed E-state index contributed by atoms with van der Waals surface area (Å²) in [4.78, 5) is 24.6. The Bertz CT molecular complexity index is 867. The number of carbonyl (C=O) groups is 2. The minimum Gasteiger partial charge on any atom is -0.273 e. The van der Waals surface area contributed by atoms with Crippen LogP contribution in [0.2, 0.25) is 5.02 Å². The third kappa shape index (κ3) is 5.82. The lowest BCUT2D eigenvalue weighted by atomic mass is 10.2. The lowest BCUT2D eigenvalue weighted by Gasteiger charge is -2.09.